The van der Waals surface area contributed by atoms with Crippen molar-refractivity contribution < 1.29 is 9.28 Å². The van der Waals surface area contributed by atoms with Crippen molar-refractivity contribution in [3.05, 3.63) is 12.2 Å². The van der Waals surface area contributed by atoms with Gasteiger partial charge in [-0.05, 0) is 39.0 Å². The van der Waals surface area contributed by atoms with Crippen LogP contribution in [0, 0.1) is 0 Å². The third kappa shape index (κ3) is 14.7. The molecule has 2 unspecified atom stereocenters. The highest BCUT2D eigenvalue weighted by Crippen LogP contribution is 2.24. The molecule has 1 aliphatic heterocycles. The van der Waals surface area contributed by atoms with Crippen molar-refractivity contribution in [2.45, 2.75) is 136 Å². The molecular weight excluding hydrogens is 406 g/mol. The number of amides is 1. The van der Waals surface area contributed by atoms with Crippen LogP contribution >= 0.6 is 0 Å². The lowest BCUT2D eigenvalue weighted by Gasteiger charge is -2.38. The van der Waals surface area contributed by atoms with Crippen molar-refractivity contribution in [2.75, 3.05) is 26.2 Å². The lowest BCUT2D eigenvalue weighted by Crippen LogP contribution is -2.55. The Balaban J connectivity index is 1.95. The molecule has 1 aliphatic rings. The fourth-order valence-electron chi connectivity index (χ4n) is 5.06. The van der Waals surface area contributed by atoms with E-state index in [2.05, 4.69) is 37.5 Å². The van der Waals surface area contributed by atoms with E-state index in [1.165, 1.54) is 109 Å². The van der Waals surface area contributed by atoms with Crippen LogP contribution in [0.5, 0.6) is 0 Å². The minimum Gasteiger partial charge on any atom is -0.351 e. The summed E-state index contributed by atoms with van der Waals surface area (Å²) in [5, 5.41) is 2.96. The first kappa shape index (κ1) is 29.9. The summed E-state index contributed by atoms with van der Waals surface area (Å²) in [6.07, 6.45) is 30.5. The van der Waals surface area contributed by atoms with Crippen molar-refractivity contribution in [3.63, 3.8) is 0 Å². The largest absolute Gasteiger partial charge is 0.351 e. The van der Waals surface area contributed by atoms with E-state index in [1.54, 1.807) is 6.92 Å². The quantitative estimate of drug-likeness (QED) is 0.101. The molecule has 0 aromatic heterocycles. The van der Waals surface area contributed by atoms with Crippen LogP contribution in [0.3, 0.4) is 0 Å². The molecule has 0 spiro atoms. The van der Waals surface area contributed by atoms with Crippen LogP contribution in [0.15, 0.2) is 17.1 Å². The molecule has 0 radical (unpaired) electrons. The van der Waals surface area contributed by atoms with Crippen LogP contribution in [0.25, 0.3) is 0 Å². The standard InChI is InChI=1S/C29H55N3O/c1-4-6-7-8-9-10-11-12-13-14-15-16-17-18-19-20-21-22-23-29-31-25-27-32(29,5-2)26-24-30-28(3)33/h16-17,25,29H,4-15,18-24,26-27H2,1-3H3/p+1/b17-16+. The van der Waals surface area contributed by atoms with Gasteiger partial charge in [-0.2, -0.15) is 0 Å². The summed E-state index contributed by atoms with van der Waals surface area (Å²) < 4.78 is 1.02. The number of allylic oxidation sites excluding steroid dienone is 2. The Morgan fingerprint density at radius 1 is 0.879 bits per heavy atom. The molecule has 4 heteroatoms. The van der Waals surface area contributed by atoms with Gasteiger partial charge in [-0.3, -0.25) is 9.28 Å². The number of quaternary nitrogens is 1. The fourth-order valence-corrected chi connectivity index (χ4v) is 5.06. The summed E-state index contributed by atoms with van der Waals surface area (Å²) in [4.78, 5) is 16.0. The molecule has 4 nitrogen and oxygen atoms in total. The maximum atomic E-state index is 11.2. The third-order valence-electron chi connectivity index (χ3n) is 7.39. The van der Waals surface area contributed by atoms with Crippen molar-refractivity contribution in [1.29, 1.82) is 0 Å². The summed E-state index contributed by atoms with van der Waals surface area (Å²) in [5.74, 6) is 0.0680. The van der Waals surface area contributed by atoms with E-state index in [-0.39, 0.29) is 5.91 Å². The Morgan fingerprint density at radius 3 is 1.97 bits per heavy atom. The molecule has 0 saturated carbocycles. The van der Waals surface area contributed by atoms with Gasteiger partial charge in [0, 0.05) is 13.3 Å². The maximum Gasteiger partial charge on any atom is 0.217 e. The van der Waals surface area contributed by atoms with E-state index in [1.807, 2.05) is 0 Å². The van der Waals surface area contributed by atoms with Gasteiger partial charge < -0.3 is 5.32 Å². The number of hydrogen-bond acceptors (Lipinski definition) is 2. The predicted octanol–water partition coefficient (Wildman–Crippen LogP) is 7.58. The molecule has 33 heavy (non-hydrogen) atoms. The average molecular weight is 463 g/mol. The molecule has 1 amide bonds. The van der Waals surface area contributed by atoms with Gasteiger partial charge in [0.15, 0.2) is 6.17 Å². The number of likely N-dealkylation sites (N-methyl/N-ethyl adjacent to an activating group) is 1. The van der Waals surface area contributed by atoms with Crippen LogP contribution in [-0.4, -0.2) is 48.9 Å². The third-order valence-corrected chi connectivity index (χ3v) is 7.39. The van der Waals surface area contributed by atoms with E-state index in [0.29, 0.717) is 6.17 Å². The normalized spacial score (nSPS) is 20.2. The van der Waals surface area contributed by atoms with E-state index in [9.17, 15) is 4.79 Å². The second-order valence-electron chi connectivity index (χ2n) is 10.2. The molecule has 0 aromatic rings. The van der Waals surface area contributed by atoms with Gasteiger partial charge >= 0.3 is 0 Å². The highest BCUT2D eigenvalue weighted by molar-refractivity contribution is 5.72. The maximum absolute atomic E-state index is 11.2. The van der Waals surface area contributed by atoms with Gasteiger partial charge in [-0.1, -0.05) is 89.7 Å². The summed E-state index contributed by atoms with van der Waals surface area (Å²) >= 11 is 0. The van der Waals surface area contributed by atoms with Crippen molar-refractivity contribution in [3.8, 4) is 0 Å². The molecule has 192 valence electrons. The topological polar surface area (TPSA) is 41.5 Å². The predicted molar refractivity (Wildman–Crippen MR) is 145 cm³/mol. The molecule has 0 aromatic carbocycles. The lowest BCUT2D eigenvalue weighted by atomic mass is 10.1. The van der Waals surface area contributed by atoms with Gasteiger partial charge in [0.05, 0.1) is 25.8 Å². The summed E-state index contributed by atoms with van der Waals surface area (Å²) in [6.45, 7) is 10.0. The van der Waals surface area contributed by atoms with Crippen LogP contribution < -0.4 is 5.32 Å². The van der Waals surface area contributed by atoms with E-state index in [4.69, 9.17) is 4.99 Å². The molecule has 1 heterocycles. The highest BCUT2D eigenvalue weighted by Gasteiger charge is 2.37. The number of rotatable bonds is 22. The zero-order valence-electron chi connectivity index (χ0n) is 22.5. The Morgan fingerprint density at radius 2 is 1.42 bits per heavy atom. The number of carbonyl (C=O) groups excluding carboxylic acids is 1. The number of hydrogen-bond donors (Lipinski definition) is 1. The van der Waals surface area contributed by atoms with Crippen molar-refractivity contribution in [1.82, 2.24) is 5.32 Å². The van der Waals surface area contributed by atoms with Crippen LogP contribution in [-0.2, 0) is 4.79 Å². The first-order valence-electron chi connectivity index (χ1n) is 14.4. The SMILES string of the molecule is CCCCCCCCCCCC/C=C/CCCCCCC1N=CC[N+]1(CC)CCNC(C)=O. The highest BCUT2D eigenvalue weighted by atomic mass is 16.1. The molecule has 2 atom stereocenters. The van der Waals surface area contributed by atoms with Crippen LogP contribution in [0.1, 0.15) is 130 Å². The molecule has 0 aliphatic carbocycles. The smallest absolute Gasteiger partial charge is 0.217 e. The minimum absolute atomic E-state index is 0.0680. The van der Waals surface area contributed by atoms with Crippen LogP contribution in [0.2, 0.25) is 0 Å². The molecule has 1 N–H and O–H groups in total. The van der Waals surface area contributed by atoms with E-state index >= 15 is 0 Å². The summed E-state index contributed by atoms with van der Waals surface area (Å²) in [7, 11) is 0. The van der Waals surface area contributed by atoms with E-state index in [0.717, 1.165) is 30.7 Å². The van der Waals surface area contributed by atoms with Gasteiger partial charge in [0.1, 0.15) is 6.54 Å². The lowest BCUT2D eigenvalue weighted by molar-refractivity contribution is -0.935. The fraction of sp³-hybridized carbons (Fsp3) is 0.862. The number of nitrogens with one attached hydrogen (secondary N) is 1. The molecule has 0 saturated heterocycles. The first-order valence-corrected chi connectivity index (χ1v) is 14.4. The van der Waals surface area contributed by atoms with Crippen molar-refractivity contribution in [2.24, 2.45) is 4.99 Å². The zero-order valence-corrected chi connectivity index (χ0v) is 22.5. The number of carbonyl (C=O) groups is 1. The summed E-state index contributed by atoms with van der Waals surface area (Å²) in [5.41, 5.74) is 0. The second-order valence-corrected chi connectivity index (χ2v) is 10.2. The second kappa shape index (κ2) is 20.2. The molecular formula is C29H56N3O+. The Kier molecular flexibility index (Phi) is 18.3. The summed E-state index contributed by atoms with van der Waals surface area (Å²) in [6, 6.07) is 0. The molecule has 1 rings (SSSR count). The van der Waals surface area contributed by atoms with Crippen molar-refractivity contribution >= 4 is 12.1 Å². The zero-order chi connectivity index (χ0) is 24.0. The molecule has 0 bridgehead atoms. The van der Waals surface area contributed by atoms with E-state index < -0.39 is 0 Å². The van der Waals surface area contributed by atoms with Crippen LogP contribution in [0.4, 0.5) is 0 Å². The van der Waals surface area contributed by atoms with Gasteiger partial charge in [0.25, 0.3) is 0 Å². The minimum atomic E-state index is 0.0680. The monoisotopic (exact) mass is 462 g/mol. The van der Waals surface area contributed by atoms with Gasteiger partial charge in [-0.25, -0.2) is 4.99 Å². The Hall–Kier alpha value is -1.16. The average Bonchev–Trinajstić information content (AvgIpc) is 3.21. The number of aliphatic imine (C=N–C) groups is 1. The number of nitrogens with zero attached hydrogens (tertiary/aromatic N) is 2. The Bertz CT molecular complexity index is 531. The van der Waals surface area contributed by atoms with Gasteiger partial charge in [-0.15, -0.1) is 0 Å². The Labute approximate surface area is 206 Å². The van der Waals surface area contributed by atoms with Gasteiger partial charge in [0.2, 0.25) is 5.91 Å². The number of unbranched alkanes of at least 4 members (excludes halogenated alkanes) is 14. The molecule has 0 fully saturated rings. The first-order chi connectivity index (χ1) is 16.1.